The maximum absolute atomic E-state index is 13.5. The molecule has 0 unspecified atom stereocenters. The van der Waals surface area contributed by atoms with Gasteiger partial charge in [-0.1, -0.05) is 0 Å². The molecule has 0 spiro atoms. The van der Waals surface area contributed by atoms with Crippen LogP contribution in [0.15, 0.2) is 12.1 Å². The second kappa shape index (κ2) is 5.91. The van der Waals surface area contributed by atoms with Crippen LogP contribution < -0.4 is 11.1 Å². The van der Waals surface area contributed by atoms with Crippen molar-refractivity contribution in [1.29, 1.82) is 0 Å². The SMILES string of the molecule is CC(C)(N)CCC(=O)Nc1c(F)cc(F)cc1[N+](=O)[O-]. The lowest BCUT2D eigenvalue weighted by molar-refractivity contribution is -0.384. The van der Waals surface area contributed by atoms with Gasteiger partial charge in [0.2, 0.25) is 5.91 Å². The summed E-state index contributed by atoms with van der Waals surface area (Å²) in [5.74, 6) is -2.91. The van der Waals surface area contributed by atoms with Crippen LogP contribution in [0.3, 0.4) is 0 Å². The maximum Gasteiger partial charge on any atom is 0.298 e. The fourth-order valence-electron chi connectivity index (χ4n) is 1.47. The topological polar surface area (TPSA) is 98.3 Å². The van der Waals surface area contributed by atoms with Crippen molar-refractivity contribution in [3.63, 3.8) is 0 Å². The second-order valence-electron chi connectivity index (χ2n) is 5.08. The van der Waals surface area contributed by atoms with E-state index < -0.39 is 39.4 Å². The third-order valence-electron chi connectivity index (χ3n) is 2.49. The quantitative estimate of drug-likeness (QED) is 0.641. The van der Waals surface area contributed by atoms with Crippen molar-refractivity contribution in [2.45, 2.75) is 32.2 Å². The van der Waals surface area contributed by atoms with Crippen molar-refractivity contribution < 1.29 is 18.5 Å². The Morgan fingerprint density at radius 3 is 2.55 bits per heavy atom. The van der Waals surface area contributed by atoms with Gasteiger partial charge in [0.15, 0.2) is 11.5 Å². The average molecular weight is 287 g/mol. The Bertz CT molecular complexity index is 541. The number of hydrogen-bond donors (Lipinski definition) is 2. The minimum Gasteiger partial charge on any atom is -0.326 e. The number of nitro benzene ring substituents is 1. The van der Waals surface area contributed by atoms with Crippen LogP contribution in [0.5, 0.6) is 0 Å². The summed E-state index contributed by atoms with van der Waals surface area (Å²) < 4.78 is 26.5. The first kappa shape index (κ1) is 16.0. The number of hydrogen-bond acceptors (Lipinski definition) is 4. The molecule has 6 nitrogen and oxygen atoms in total. The zero-order chi connectivity index (χ0) is 15.5. The molecule has 1 aromatic carbocycles. The van der Waals surface area contributed by atoms with Crippen LogP contribution in [0.2, 0.25) is 0 Å². The molecule has 0 heterocycles. The van der Waals surface area contributed by atoms with E-state index in [0.29, 0.717) is 18.6 Å². The molecular weight excluding hydrogens is 272 g/mol. The van der Waals surface area contributed by atoms with Crippen LogP contribution in [0.25, 0.3) is 0 Å². The zero-order valence-electron chi connectivity index (χ0n) is 11.1. The van der Waals surface area contributed by atoms with Crippen molar-refractivity contribution in [2.75, 3.05) is 5.32 Å². The highest BCUT2D eigenvalue weighted by Crippen LogP contribution is 2.28. The van der Waals surface area contributed by atoms with Crippen LogP contribution in [-0.4, -0.2) is 16.4 Å². The summed E-state index contributed by atoms with van der Waals surface area (Å²) in [7, 11) is 0. The van der Waals surface area contributed by atoms with Gasteiger partial charge in [-0.2, -0.15) is 0 Å². The number of anilines is 1. The van der Waals surface area contributed by atoms with Crippen LogP contribution in [-0.2, 0) is 4.79 Å². The summed E-state index contributed by atoms with van der Waals surface area (Å²) in [5, 5.41) is 12.8. The van der Waals surface area contributed by atoms with Crippen molar-refractivity contribution in [2.24, 2.45) is 5.73 Å². The second-order valence-corrected chi connectivity index (χ2v) is 5.08. The number of nitrogens with one attached hydrogen (secondary N) is 1. The van der Waals surface area contributed by atoms with E-state index in [9.17, 15) is 23.7 Å². The highest BCUT2D eigenvalue weighted by Gasteiger charge is 2.23. The Labute approximate surface area is 114 Å². The van der Waals surface area contributed by atoms with E-state index in [2.05, 4.69) is 5.32 Å². The number of rotatable bonds is 5. The van der Waals surface area contributed by atoms with Gasteiger partial charge >= 0.3 is 0 Å². The predicted molar refractivity (Wildman–Crippen MR) is 69.1 cm³/mol. The number of nitrogens with zero attached hydrogens (tertiary/aromatic N) is 1. The highest BCUT2D eigenvalue weighted by atomic mass is 19.1. The molecule has 0 aliphatic rings. The summed E-state index contributed by atoms with van der Waals surface area (Å²) >= 11 is 0. The number of nitrogens with two attached hydrogens (primary N) is 1. The van der Waals surface area contributed by atoms with Gasteiger partial charge in [0.25, 0.3) is 5.69 Å². The molecular formula is C12H15F2N3O3. The number of nitro groups is 1. The Morgan fingerprint density at radius 2 is 2.05 bits per heavy atom. The fraction of sp³-hybridized carbons (Fsp3) is 0.417. The van der Waals surface area contributed by atoms with Gasteiger partial charge in [-0.15, -0.1) is 0 Å². The minimum absolute atomic E-state index is 0.0303. The summed E-state index contributed by atoms with van der Waals surface area (Å²) in [6.45, 7) is 3.42. The van der Waals surface area contributed by atoms with Gasteiger partial charge in [0.1, 0.15) is 5.82 Å². The third kappa shape index (κ3) is 4.54. The van der Waals surface area contributed by atoms with E-state index in [0.717, 1.165) is 0 Å². The van der Waals surface area contributed by atoms with Gasteiger partial charge in [0.05, 0.1) is 11.0 Å². The Balaban J connectivity index is 2.92. The van der Waals surface area contributed by atoms with Gasteiger partial charge < -0.3 is 11.1 Å². The molecule has 0 saturated carbocycles. The van der Waals surface area contributed by atoms with Gasteiger partial charge in [-0.3, -0.25) is 14.9 Å². The number of amides is 1. The molecule has 8 heteroatoms. The smallest absolute Gasteiger partial charge is 0.298 e. The first-order chi connectivity index (χ1) is 9.10. The van der Waals surface area contributed by atoms with Crippen molar-refractivity contribution in [1.82, 2.24) is 0 Å². The molecule has 0 fully saturated rings. The number of carbonyl (C=O) groups excluding carboxylic acids is 1. The molecule has 1 rings (SSSR count). The largest absolute Gasteiger partial charge is 0.326 e. The Kier molecular flexibility index (Phi) is 4.72. The fourth-order valence-corrected chi connectivity index (χ4v) is 1.47. The van der Waals surface area contributed by atoms with Crippen molar-refractivity contribution in [3.05, 3.63) is 33.9 Å². The molecule has 0 saturated heterocycles. The normalized spacial score (nSPS) is 11.2. The van der Waals surface area contributed by atoms with E-state index in [1.54, 1.807) is 13.8 Å². The first-order valence-corrected chi connectivity index (χ1v) is 5.82. The molecule has 20 heavy (non-hydrogen) atoms. The highest BCUT2D eigenvalue weighted by molar-refractivity contribution is 5.93. The van der Waals surface area contributed by atoms with Gasteiger partial charge in [-0.05, 0) is 20.3 Å². The lowest BCUT2D eigenvalue weighted by atomic mass is 10.00. The molecule has 1 aromatic rings. The molecule has 3 N–H and O–H groups in total. The van der Waals surface area contributed by atoms with E-state index in [-0.39, 0.29) is 6.42 Å². The van der Waals surface area contributed by atoms with Gasteiger partial charge in [0, 0.05) is 18.0 Å². The molecule has 0 atom stereocenters. The van der Waals surface area contributed by atoms with Gasteiger partial charge in [-0.25, -0.2) is 8.78 Å². The van der Waals surface area contributed by atoms with Crippen LogP contribution in [0.1, 0.15) is 26.7 Å². The Hall–Kier alpha value is -2.09. The molecule has 0 aliphatic heterocycles. The van der Waals surface area contributed by atoms with Crippen molar-refractivity contribution >= 4 is 17.3 Å². The van der Waals surface area contributed by atoms with E-state index in [4.69, 9.17) is 5.73 Å². The van der Waals surface area contributed by atoms with Crippen LogP contribution in [0.4, 0.5) is 20.2 Å². The average Bonchev–Trinajstić information content (AvgIpc) is 2.28. The molecule has 110 valence electrons. The predicted octanol–water partition coefficient (Wildman–Crippen LogP) is 2.33. The summed E-state index contributed by atoms with van der Waals surface area (Å²) in [5.41, 5.74) is 3.63. The summed E-state index contributed by atoms with van der Waals surface area (Å²) in [6, 6.07) is 1.01. The molecule has 0 aromatic heterocycles. The summed E-state index contributed by atoms with van der Waals surface area (Å²) in [4.78, 5) is 21.4. The summed E-state index contributed by atoms with van der Waals surface area (Å²) in [6.07, 6.45) is 0.285. The van der Waals surface area contributed by atoms with E-state index in [1.807, 2.05) is 0 Å². The number of carbonyl (C=O) groups is 1. The maximum atomic E-state index is 13.5. The number of benzene rings is 1. The molecule has 0 aliphatic carbocycles. The lowest BCUT2D eigenvalue weighted by Crippen LogP contribution is -2.33. The van der Waals surface area contributed by atoms with E-state index in [1.165, 1.54) is 0 Å². The lowest BCUT2D eigenvalue weighted by Gasteiger charge is -2.17. The molecule has 1 amide bonds. The van der Waals surface area contributed by atoms with Crippen LogP contribution in [0, 0.1) is 21.7 Å². The standard InChI is InChI=1S/C12H15F2N3O3/c1-12(2,15)4-3-10(18)16-11-8(14)5-7(13)6-9(11)17(19)20/h5-6H,3-4,15H2,1-2H3,(H,16,18). The van der Waals surface area contributed by atoms with E-state index >= 15 is 0 Å². The third-order valence-corrected chi connectivity index (χ3v) is 2.49. The minimum atomic E-state index is -1.20. The molecule has 0 radical (unpaired) electrons. The molecule has 0 bridgehead atoms. The van der Waals surface area contributed by atoms with Crippen molar-refractivity contribution in [3.8, 4) is 0 Å². The zero-order valence-corrected chi connectivity index (χ0v) is 11.1. The number of halogens is 2. The first-order valence-electron chi connectivity index (χ1n) is 5.82. The Morgan fingerprint density at radius 1 is 1.45 bits per heavy atom. The van der Waals surface area contributed by atoms with Crippen LogP contribution >= 0.6 is 0 Å². The monoisotopic (exact) mass is 287 g/mol.